The Hall–Kier alpha value is -1.04. The lowest BCUT2D eigenvalue weighted by molar-refractivity contribution is 0.362. The Morgan fingerprint density at radius 2 is 1.94 bits per heavy atom. The van der Waals surface area contributed by atoms with Gasteiger partial charge in [-0.1, -0.05) is 36.4 Å². The van der Waals surface area contributed by atoms with Crippen molar-refractivity contribution in [2.75, 3.05) is 0 Å². The van der Waals surface area contributed by atoms with Gasteiger partial charge in [-0.3, -0.25) is 0 Å². The molecule has 0 aliphatic heterocycles. The van der Waals surface area contributed by atoms with Gasteiger partial charge in [0, 0.05) is 0 Å². The number of hydrogen-bond donors (Lipinski definition) is 0. The standard InChI is InChI=1S/C16H18/c1-2-4-14-12(3-1)7-8-15(14)16-10-11-5-6-13(16)9-11/h1-6,11,13,15-16H,7-10H2. The minimum atomic E-state index is 0.871. The molecule has 4 atom stereocenters. The molecule has 0 saturated heterocycles. The van der Waals surface area contributed by atoms with Crippen molar-refractivity contribution >= 4 is 0 Å². The number of aryl methyl sites for hydroxylation is 1. The van der Waals surface area contributed by atoms with Crippen molar-refractivity contribution in [3.8, 4) is 0 Å². The van der Waals surface area contributed by atoms with E-state index in [1.165, 1.54) is 25.7 Å². The van der Waals surface area contributed by atoms with E-state index in [1.807, 2.05) is 0 Å². The zero-order valence-electron chi connectivity index (χ0n) is 9.60. The normalized spacial score (nSPS) is 39.2. The summed E-state index contributed by atoms with van der Waals surface area (Å²) >= 11 is 0. The second-order valence-electron chi connectivity index (χ2n) is 5.79. The Morgan fingerprint density at radius 1 is 1.00 bits per heavy atom. The molecule has 0 amide bonds. The summed E-state index contributed by atoms with van der Waals surface area (Å²) in [7, 11) is 0. The van der Waals surface area contributed by atoms with Crippen LogP contribution in [0.2, 0.25) is 0 Å². The average molecular weight is 210 g/mol. The van der Waals surface area contributed by atoms with Gasteiger partial charge < -0.3 is 0 Å². The molecule has 0 aromatic heterocycles. The molecule has 1 aromatic rings. The van der Waals surface area contributed by atoms with Crippen LogP contribution in [-0.4, -0.2) is 0 Å². The number of fused-ring (bicyclic) bond motifs is 3. The van der Waals surface area contributed by atoms with Gasteiger partial charge in [-0.2, -0.15) is 0 Å². The Morgan fingerprint density at radius 3 is 2.75 bits per heavy atom. The fraction of sp³-hybridized carbons (Fsp3) is 0.500. The molecular weight excluding hydrogens is 192 g/mol. The summed E-state index contributed by atoms with van der Waals surface area (Å²) in [6.07, 6.45) is 10.6. The highest BCUT2D eigenvalue weighted by Gasteiger charge is 2.42. The molecular formula is C16H18. The molecule has 4 unspecified atom stereocenters. The molecule has 0 radical (unpaired) electrons. The highest BCUT2D eigenvalue weighted by Crippen LogP contribution is 2.52. The van der Waals surface area contributed by atoms with Crippen molar-refractivity contribution in [3.05, 3.63) is 47.5 Å². The van der Waals surface area contributed by atoms with E-state index in [0.29, 0.717) is 0 Å². The molecule has 1 aromatic carbocycles. The minimum absolute atomic E-state index is 0.871. The largest absolute Gasteiger partial charge is 0.0851 e. The molecule has 3 aliphatic rings. The molecule has 0 heterocycles. The van der Waals surface area contributed by atoms with Crippen LogP contribution in [0.3, 0.4) is 0 Å². The van der Waals surface area contributed by atoms with Crippen LogP contribution in [0.25, 0.3) is 0 Å². The second kappa shape index (κ2) is 3.23. The van der Waals surface area contributed by atoms with Crippen molar-refractivity contribution in [2.45, 2.75) is 31.6 Å². The summed E-state index contributed by atoms with van der Waals surface area (Å²) in [5.74, 6) is 3.65. The molecule has 3 aliphatic carbocycles. The van der Waals surface area contributed by atoms with E-state index in [2.05, 4.69) is 36.4 Å². The number of rotatable bonds is 1. The van der Waals surface area contributed by atoms with Gasteiger partial charge in [-0.05, 0) is 60.5 Å². The quantitative estimate of drug-likeness (QED) is 0.616. The Labute approximate surface area is 97.4 Å². The average Bonchev–Trinajstić information content (AvgIpc) is 3.03. The summed E-state index contributed by atoms with van der Waals surface area (Å²) in [5, 5.41) is 0. The van der Waals surface area contributed by atoms with Gasteiger partial charge >= 0.3 is 0 Å². The highest BCUT2D eigenvalue weighted by molar-refractivity contribution is 5.36. The highest BCUT2D eigenvalue weighted by atomic mass is 14.5. The first-order valence-electron chi connectivity index (χ1n) is 6.68. The first-order chi connectivity index (χ1) is 7.92. The van der Waals surface area contributed by atoms with Crippen molar-refractivity contribution in [1.29, 1.82) is 0 Å². The maximum Gasteiger partial charge on any atom is -0.0122 e. The second-order valence-corrected chi connectivity index (χ2v) is 5.79. The van der Waals surface area contributed by atoms with E-state index in [9.17, 15) is 0 Å². The van der Waals surface area contributed by atoms with Crippen LogP contribution in [-0.2, 0) is 6.42 Å². The van der Waals surface area contributed by atoms with Crippen molar-refractivity contribution in [1.82, 2.24) is 0 Å². The molecule has 0 heteroatoms. The third-order valence-corrected chi connectivity index (χ3v) is 5.03. The van der Waals surface area contributed by atoms with Gasteiger partial charge in [-0.15, -0.1) is 0 Å². The predicted molar refractivity (Wildman–Crippen MR) is 66.3 cm³/mol. The summed E-state index contributed by atoms with van der Waals surface area (Å²) in [6, 6.07) is 9.13. The van der Waals surface area contributed by atoms with Crippen LogP contribution >= 0.6 is 0 Å². The van der Waals surface area contributed by atoms with Crippen molar-refractivity contribution in [3.63, 3.8) is 0 Å². The predicted octanol–water partition coefficient (Wildman–Crippen LogP) is 3.93. The Balaban J connectivity index is 1.69. The lowest BCUT2D eigenvalue weighted by Crippen LogP contribution is -2.15. The maximum absolute atomic E-state index is 2.50. The van der Waals surface area contributed by atoms with Crippen LogP contribution < -0.4 is 0 Å². The van der Waals surface area contributed by atoms with E-state index in [4.69, 9.17) is 0 Å². The van der Waals surface area contributed by atoms with Crippen LogP contribution in [0.5, 0.6) is 0 Å². The lowest BCUT2D eigenvalue weighted by Gasteiger charge is -2.25. The van der Waals surface area contributed by atoms with Crippen LogP contribution in [0.4, 0.5) is 0 Å². The van der Waals surface area contributed by atoms with Crippen molar-refractivity contribution < 1.29 is 0 Å². The molecule has 0 nitrogen and oxygen atoms in total. The molecule has 4 rings (SSSR count). The first-order valence-corrected chi connectivity index (χ1v) is 6.68. The summed E-state index contributed by atoms with van der Waals surface area (Å²) in [4.78, 5) is 0. The molecule has 0 spiro atoms. The minimum Gasteiger partial charge on any atom is -0.0851 e. The molecule has 16 heavy (non-hydrogen) atoms. The third kappa shape index (κ3) is 1.16. The van der Waals surface area contributed by atoms with Crippen LogP contribution in [0.1, 0.15) is 36.3 Å². The van der Waals surface area contributed by atoms with Gasteiger partial charge in [0.25, 0.3) is 0 Å². The van der Waals surface area contributed by atoms with E-state index >= 15 is 0 Å². The number of hydrogen-bond acceptors (Lipinski definition) is 0. The van der Waals surface area contributed by atoms with E-state index in [1.54, 1.807) is 11.1 Å². The van der Waals surface area contributed by atoms with Gasteiger partial charge in [0.2, 0.25) is 0 Å². The zero-order valence-corrected chi connectivity index (χ0v) is 9.60. The van der Waals surface area contributed by atoms with Gasteiger partial charge in [-0.25, -0.2) is 0 Å². The molecule has 0 N–H and O–H groups in total. The van der Waals surface area contributed by atoms with E-state index in [0.717, 1.165) is 23.7 Å². The van der Waals surface area contributed by atoms with Gasteiger partial charge in [0.15, 0.2) is 0 Å². The smallest absolute Gasteiger partial charge is 0.0122 e. The number of allylic oxidation sites excluding steroid dienone is 2. The number of benzene rings is 1. The fourth-order valence-corrected chi connectivity index (χ4v) is 4.32. The van der Waals surface area contributed by atoms with Gasteiger partial charge in [0.1, 0.15) is 0 Å². The Kier molecular flexibility index (Phi) is 1.82. The summed E-state index contributed by atoms with van der Waals surface area (Å²) in [5.41, 5.74) is 3.30. The molecule has 82 valence electrons. The van der Waals surface area contributed by atoms with E-state index in [-0.39, 0.29) is 0 Å². The summed E-state index contributed by atoms with van der Waals surface area (Å²) in [6.45, 7) is 0. The molecule has 2 bridgehead atoms. The molecule has 1 saturated carbocycles. The van der Waals surface area contributed by atoms with Crippen LogP contribution in [0, 0.1) is 17.8 Å². The van der Waals surface area contributed by atoms with Gasteiger partial charge in [0.05, 0.1) is 0 Å². The Bertz CT molecular complexity index is 443. The van der Waals surface area contributed by atoms with Crippen molar-refractivity contribution in [2.24, 2.45) is 17.8 Å². The maximum atomic E-state index is 2.50. The lowest BCUT2D eigenvalue weighted by atomic mass is 9.79. The topological polar surface area (TPSA) is 0 Å². The van der Waals surface area contributed by atoms with Crippen LogP contribution in [0.15, 0.2) is 36.4 Å². The monoisotopic (exact) mass is 210 g/mol. The SMILES string of the molecule is C1=CC2CC1CC2C1CCc2ccccc21. The molecule has 1 fully saturated rings. The zero-order chi connectivity index (χ0) is 10.5. The third-order valence-electron chi connectivity index (χ3n) is 5.03. The van der Waals surface area contributed by atoms with E-state index < -0.39 is 0 Å². The first kappa shape index (κ1) is 9.04. The summed E-state index contributed by atoms with van der Waals surface area (Å²) < 4.78 is 0. The fourth-order valence-electron chi connectivity index (χ4n) is 4.32.